The minimum absolute atomic E-state index is 0.00305. The van der Waals surface area contributed by atoms with Gasteiger partial charge in [0, 0.05) is 35.3 Å². The molecule has 0 spiro atoms. The van der Waals surface area contributed by atoms with E-state index in [1.54, 1.807) is 0 Å². The average Bonchev–Trinajstić information content (AvgIpc) is 2.68. The summed E-state index contributed by atoms with van der Waals surface area (Å²) in [5.74, 6) is -1.41. The van der Waals surface area contributed by atoms with Crippen LogP contribution in [0.3, 0.4) is 0 Å². The van der Waals surface area contributed by atoms with Crippen LogP contribution in [0.15, 0.2) is 35.6 Å². The molecule has 0 aliphatic rings. The summed E-state index contributed by atoms with van der Waals surface area (Å²) >= 11 is 17.2. The molecule has 0 saturated carbocycles. The molecule has 3 N–H and O–H groups in total. The van der Waals surface area contributed by atoms with Crippen LogP contribution in [0.25, 0.3) is 5.57 Å². The minimum atomic E-state index is -6.36. The molecule has 2 rings (SSSR count). The molecule has 0 fully saturated rings. The van der Waals surface area contributed by atoms with Crippen LogP contribution in [0.4, 0.5) is 36.4 Å². The average molecular weight is 539 g/mol. The minimum Gasteiger partial charge on any atom is -0.478 e. The van der Waals surface area contributed by atoms with Gasteiger partial charge in [-0.25, -0.2) is 14.2 Å². The summed E-state index contributed by atoms with van der Waals surface area (Å²) in [6.07, 6.45) is -9.73. The van der Waals surface area contributed by atoms with Gasteiger partial charge < -0.3 is 10.8 Å². The number of carboxylic acids is 1. The van der Waals surface area contributed by atoms with Crippen LogP contribution >= 0.6 is 34.8 Å². The smallest absolute Gasteiger partial charge is 0.435 e. The number of pyridine rings is 1. The summed E-state index contributed by atoms with van der Waals surface area (Å²) in [4.78, 5) is 18.6. The Balaban J connectivity index is 2.54. The highest BCUT2D eigenvalue weighted by atomic mass is 35.5. The zero-order valence-corrected chi connectivity index (χ0v) is 17.8. The molecule has 1 aromatic carbocycles. The monoisotopic (exact) mass is 537 g/mol. The van der Waals surface area contributed by atoms with Gasteiger partial charge in [-0.05, 0) is 18.2 Å². The predicted octanol–water partition coefficient (Wildman–Crippen LogP) is 6.73. The Morgan fingerprint density at radius 2 is 1.52 bits per heavy atom. The molecule has 0 unspecified atom stereocenters. The van der Waals surface area contributed by atoms with Crippen molar-refractivity contribution in [3.63, 3.8) is 0 Å². The summed E-state index contributed by atoms with van der Waals surface area (Å²) in [6, 6.07) is 1.28. The molecule has 15 heteroatoms. The first-order chi connectivity index (χ1) is 15.0. The van der Waals surface area contributed by atoms with Gasteiger partial charge in [-0.2, -0.15) is 26.3 Å². The fourth-order valence-electron chi connectivity index (χ4n) is 2.48. The number of halogens is 10. The number of alkyl halides is 7. The van der Waals surface area contributed by atoms with Gasteiger partial charge in [0.05, 0.1) is 15.6 Å². The number of aliphatic imine (C=N–C) groups is 1. The van der Waals surface area contributed by atoms with Crippen LogP contribution in [0.5, 0.6) is 0 Å². The van der Waals surface area contributed by atoms with E-state index in [0.717, 1.165) is 24.7 Å². The van der Waals surface area contributed by atoms with E-state index in [1.165, 1.54) is 0 Å². The molecule has 0 amide bonds. The largest absolute Gasteiger partial charge is 0.478 e. The zero-order valence-electron chi connectivity index (χ0n) is 15.6. The second kappa shape index (κ2) is 9.35. The number of rotatable bonds is 5. The van der Waals surface area contributed by atoms with Gasteiger partial charge in [-0.3, -0.25) is 4.99 Å². The third kappa shape index (κ3) is 5.17. The number of carbonyl (C=O) groups is 1. The quantitative estimate of drug-likeness (QED) is 0.251. The lowest BCUT2D eigenvalue weighted by Gasteiger charge is -2.30. The summed E-state index contributed by atoms with van der Waals surface area (Å²) < 4.78 is 92.1. The van der Waals surface area contributed by atoms with Gasteiger partial charge in [0.2, 0.25) is 0 Å². The topological polar surface area (TPSA) is 88.6 Å². The highest BCUT2D eigenvalue weighted by molar-refractivity contribution is 6.39. The maximum absolute atomic E-state index is 14.3. The molecule has 33 heavy (non-hydrogen) atoms. The normalized spacial score (nSPS) is 13.6. The van der Waals surface area contributed by atoms with Crippen molar-refractivity contribution in [1.82, 2.24) is 4.98 Å². The highest BCUT2D eigenvalue weighted by Gasteiger charge is 2.73. The van der Waals surface area contributed by atoms with E-state index in [-0.39, 0.29) is 34.0 Å². The SMILES string of the molecule is N/C=C(\C=Nc1c(Cl)cc(C(F)(C(F)(F)F)C(F)(F)F)cc1Cl)c1cnc(Cl)c(C(=O)O)c1. The fraction of sp³-hybridized carbons (Fsp3) is 0.167. The van der Waals surface area contributed by atoms with E-state index in [9.17, 15) is 35.5 Å². The molecular weight excluding hydrogens is 530 g/mol. The molecule has 0 radical (unpaired) electrons. The van der Waals surface area contributed by atoms with Crippen LogP contribution in [-0.2, 0) is 5.67 Å². The second-order valence-corrected chi connectivity index (χ2v) is 7.36. The third-order valence-corrected chi connectivity index (χ3v) is 4.99. The standard InChI is InChI=1S/C18H9Cl3F7N3O2/c19-11-2-9(16(22,17(23,24)25)18(26,27)28)3-12(20)13(11)30-6-8(4-29)7-1-10(15(32)33)14(21)31-5-7/h1-6H,29H2,(H,32,33)/b8-4+,30-6?. The number of nitrogens with zero attached hydrogens (tertiary/aromatic N) is 2. The maximum Gasteiger partial charge on any atom is 0.435 e. The Labute approximate surface area is 195 Å². The van der Waals surface area contributed by atoms with E-state index in [0.29, 0.717) is 0 Å². The summed E-state index contributed by atoms with van der Waals surface area (Å²) in [6.45, 7) is 0. The van der Waals surface area contributed by atoms with Crippen molar-refractivity contribution in [1.29, 1.82) is 0 Å². The Hall–Kier alpha value is -2.57. The molecule has 0 saturated heterocycles. The first-order valence-electron chi connectivity index (χ1n) is 8.21. The first-order valence-corrected chi connectivity index (χ1v) is 9.35. The molecular formula is C18H9Cl3F7N3O2. The van der Waals surface area contributed by atoms with Crippen LogP contribution in [0, 0.1) is 0 Å². The zero-order chi connectivity index (χ0) is 25.4. The first kappa shape index (κ1) is 26.7. The molecule has 5 nitrogen and oxygen atoms in total. The van der Waals surface area contributed by atoms with Crippen LogP contribution in [-0.4, -0.2) is 34.6 Å². The van der Waals surface area contributed by atoms with Gasteiger partial charge in [-0.15, -0.1) is 0 Å². The van der Waals surface area contributed by atoms with Gasteiger partial charge in [0.25, 0.3) is 0 Å². The Bertz CT molecular complexity index is 1110. The summed E-state index contributed by atoms with van der Waals surface area (Å²) in [7, 11) is 0. The number of hydrogen-bond donors (Lipinski definition) is 2. The second-order valence-electron chi connectivity index (χ2n) is 6.19. The predicted molar refractivity (Wildman–Crippen MR) is 108 cm³/mol. The van der Waals surface area contributed by atoms with Crippen LogP contribution in [0.2, 0.25) is 15.2 Å². The molecule has 0 aliphatic heterocycles. The van der Waals surface area contributed by atoms with E-state index in [1.807, 2.05) is 0 Å². The molecule has 0 bridgehead atoms. The molecule has 1 aromatic heterocycles. The van der Waals surface area contributed by atoms with Crippen molar-refractivity contribution < 1.29 is 40.6 Å². The summed E-state index contributed by atoms with van der Waals surface area (Å²) in [5.41, 5.74) is -2.97. The van der Waals surface area contributed by atoms with E-state index < -0.39 is 45.3 Å². The van der Waals surface area contributed by atoms with Crippen molar-refractivity contribution in [3.8, 4) is 0 Å². The molecule has 2 aromatic rings. The van der Waals surface area contributed by atoms with Crippen molar-refractivity contribution >= 4 is 58.2 Å². The lowest BCUT2D eigenvalue weighted by Crippen LogP contribution is -2.50. The van der Waals surface area contributed by atoms with Crippen molar-refractivity contribution in [2.75, 3.05) is 0 Å². The number of benzene rings is 1. The number of hydrogen-bond acceptors (Lipinski definition) is 4. The number of carboxylic acid groups (broad SMARTS) is 1. The number of allylic oxidation sites excluding steroid dienone is 1. The van der Waals surface area contributed by atoms with Gasteiger partial charge >= 0.3 is 24.0 Å². The lowest BCUT2D eigenvalue weighted by atomic mass is 9.94. The Morgan fingerprint density at radius 3 is 1.94 bits per heavy atom. The molecule has 1 heterocycles. The van der Waals surface area contributed by atoms with E-state index in [4.69, 9.17) is 45.6 Å². The number of aromatic carboxylic acids is 1. The molecule has 0 aliphatic carbocycles. The molecule has 0 atom stereocenters. The van der Waals surface area contributed by atoms with Crippen molar-refractivity contribution in [2.45, 2.75) is 18.0 Å². The Morgan fingerprint density at radius 1 is 1.00 bits per heavy atom. The number of nitrogens with two attached hydrogens (primary N) is 1. The lowest BCUT2D eigenvalue weighted by molar-refractivity contribution is -0.348. The van der Waals surface area contributed by atoms with Crippen molar-refractivity contribution in [3.05, 3.63) is 62.5 Å². The molecule has 178 valence electrons. The number of aromatic nitrogens is 1. The maximum atomic E-state index is 14.3. The fourth-order valence-corrected chi connectivity index (χ4v) is 3.25. The summed E-state index contributed by atoms with van der Waals surface area (Å²) in [5, 5.41) is 7.10. The Kier molecular flexibility index (Phi) is 7.56. The van der Waals surface area contributed by atoms with Crippen LogP contribution < -0.4 is 5.73 Å². The third-order valence-electron chi connectivity index (χ3n) is 4.11. The van der Waals surface area contributed by atoms with Gasteiger partial charge in [-0.1, -0.05) is 34.8 Å². The highest BCUT2D eigenvalue weighted by Crippen LogP contribution is 2.54. The van der Waals surface area contributed by atoms with Gasteiger partial charge in [0.1, 0.15) is 10.8 Å². The van der Waals surface area contributed by atoms with E-state index in [2.05, 4.69) is 9.98 Å². The van der Waals surface area contributed by atoms with Crippen LogP contribution in [0.1, 0.15) is 21.5 Å². The van der Waals surface area contributed by atoms with Crippen molar-refractivity contribution in [2.24, 2.45) is 10.7 Å². The van der Waals surface area contributed by atoms with E-state index >= 15 is 0 Å². The van der Waals surface area contributed by atoms with Gasteiger partial charge in [0.15, 0.2) is 0 Å².